The summed E-state index contributed by atoms with van der Waals surface area (Å²) in [5.41, 5.74) is 2.13. The number of pyridine rings is 1. The van der Waals surface area contributed by atoms with E-state index in [0.717, 1.165) is 60.3 Å². The molecule has 1 fully saturated rings. The van der Waals surface area contributed by atoms with Crippen molar-refractivity contribution in [2.45, 2.75) is 11.9 Å². The molecule has 130 valence electrons. The molecule has 24 heavy (non-hydrogen) atoms. The molecular weight excluding hydrogens is 324 g/mol. The predicted octanol–water partition coefficient (Wildman–Crippen LogP) is 2.98. The lowest BCUT2D eigenvalue weighted by Gasteiger charge is -2.26. The third-order valence-corrected chi connectivity index (χ3v) is 5.29. The van der Waals surface area contributed by atoms with Gasteiger partial charge in [-0.2, -0.15) is 0 Å². The van der Waals surface area contributed by atoms with Crippen LogP contribution in [0.5, 0.6) is 11.5 Å². The van der Waals surface area contributed by atoms with Gasteiger partial charge < -0.3 is 14.2 Å². The maximum Gasteiger partial charge on any atom is 0.162 e. The molecule has 6 heteroatoms. The summed E-state index contributed by atoms with van der Waals surface area (Å²) < 4.78 is 16.1. The normalized spacial score (nSPS) is 15.6. The molecule has 2 aromatic rings. The second kappa shape index (κ2) is 8.05. The van der Waals surface area contributed by atoms with E-state index in [1.807, 2.05) is 23.9 Å². The number of aromatic nitrogens is 1. The van der Waals surface area contributed by atoms with Gasteiger partial charge in [-0.1, -0.05) is 0 Å². The van der Waals surface area contributed by atoms with E-state index in [9.17, 15) is 0 Å². The van der Waals surface area contributed by atoms with Crippen LogP contribution in [-0.2, 0) is 4.74 Å². The van der Waals surface area contributed by atoms with Crippen LogP contribution in [0.15, 0.2) is 23.2 Å². The number of ether oxygens (including phenoxy) is 3. The summed E-state index contributed by atoms with van der Waals surface area (Å²) in [6.07, 6.45) is 0. The van der Waals surface area contributed by atoms with E-state index in [2.05, 4.69) is 17.9 Å². The molecule has 0 atom stereocenters. The van der Waals surface area contributed by atoms with Crippen molar-refractivity contribution in [2.24, 2.45) is 0 Å². The van der Waals surface area contributed by atoms with Crippen molar-refractivity contribution >= 4 is 22.7 Å². The van der Waals surface area contributed by atoms with Crippen LogP contribution in [0.3, 0.4) is 0 Å². The van der Waals surface area contributed by atoms with E-state index < -0.39 is 0 Å². The van der Waals surface area contributed by atoms with E-state index in [1.165, 1.54) is 5.56 Å². The van der Waals surface area contributed by atoms with Crippen molar-refractivity contribution in [3.05, 3.63) is 23.8 Å². The number of methoxy groups -OCH3 is 2. The first kappa shape index (κ1) is 17.3. The Morgan fingerprint density at radius 1 is 1.12 bits per heavy atom. The Morgan fingerprint density at radius 2 is 1.83 bits per heavy atom. The zero-order valence-electron chi connectivity index (χ0n) is 14.5. The van der Waals surface area contributed by atoms with Crippen LogP contribution in [0.1, 0.15) is 5.56 Å². The first-order valence-electron chi connectivity index (χ1n) is 8.17. The maximum atomic E-state index is 5.39. The molecule has 0 bridgehead atoms. The number of nitrogens with zero attached hydrogens (tertiary/aromatic N) is 2. The lowest BCUT2D eigenvalue weighted by molar-refractivity contribution is 0.0410. The van der Waals surface area contributed by atoms with Crippen LogP contribution in [0.25, 0.3) is 10.9 Å². The molecule has 1 aliphatic heterocycles. The average Bonchev–Trinajstić information content (AvgIpc) is 2.62. The van der Waals surface area contributed by atoms with Crippen LogP contribution in [0, 0.1) is 6.92 Å². The van der Waals surface area contributed by atoms with Gasteiger partial charge in [-0.05, 0) is 24.6 Å². The molecule has 1 aromatic heterocycles. The summed E-state index contributed by atoms with van der Waals surface area (Å²) in [5, 5.41) is 2.16. The molecule has 0 amide bonds. The molecule has 1 aliphatic rings. The number of hydrogen-bond donors (Lipinski definition) is 0. The molecule has 0 radical (unpaired) electrons. The molecule has 0 saturated carbocycles. The van der Waals surface area contributed by atoms with Gasteiger partial charge in [0.05, 0.1) is 38.0 Å². The van der Waals surface area contributed by atoms with E-state index in [1.54, 1.807) is 14.2 Å². The van der Waals surface area contributed by atoms with Gasteiger partial charge in [-0.3, -0.25) is 4.90 Å². The lowest BCUT2D eigenvalue weighted by atomic mass is 10.1. The number of benzene rings is 1. The average molecular weight is 348 g/mol. The molecule has 0 unspecified atom stereocenters. The molecule has 1 aromatic carbocycles. The van der Waals surface area contributed by atoms with Gasteiger partial charge >= 0.3 is 0 Å². The third kappa shape index (κ3) is 3.94. The summed E-state index contributed by atoms with van der Waals surface area (Å²) in [4.78, 5) is 7.27. The van der Waals surface area contributed by atoms with E-state index in [4.69, 9.17) is 19.2 Å². The summed E-state index contributed by atoms with van der Waals surface area (Å²) >= 11 is 1.81. The van der Waals surface area contributed by atoms with Gasteiger partial charge in [-0.25, -0.2) is 4.98 Å². The number of morpholine rings is 1. The third-order valence-electron chi connectivity index (χ3n) is 4.21. The zero-order valence-corrected chi connectivity index (χ0v) is 15.3. The molecule has 0 aliphatic carbocycles. The Kier molecular flexibility index (Phi) is 5.81. The van der Waals surface area contributed by atoms with Crippen LogP contribution < -0.4 is 9.47 Å². The van der Waals surface area contributed by atoms with Gasteiger partial charge in [0, 0.05) is 36.8 Å². The van der Waals surface area contributed by atoms with Crippen molar-refractivity contribution < 1.29 is 14.2 Å². The number of fused-ring (bicyclic) bond motifs is 1. The Labute approximate surface area is 147 Å². The van der Waals surface area contributed by atoms with Gasteiger partial charge in [0.25, 0.3) is 0 Å². The first-order valence-corrected chi connectivity index (χ1v) is 9.16. The van der Waals surface area contributed by atoms with E-state index in [-0.39, 0.29) is 0 Å². The number of aryl methyl sites for hydroxylation is 1. The highest BCUT2D eigenvalue weighted by Gasteiger charge is 2.12. The fourth-order valence-corrected chi connectivity index (χ4v) is 3.82. The van der Waals surface area contributed by atoms with Crippen LogP contribution in [-0.4, -0.2) is 62.7 Å². The Morgan fingerprint density at radius 3 is 2.54 bits per heavy atom. The highest BCUT2D eigenvalue weighted by molar-refractivity contribution is 7.99. The van der Waals surface area contributed by atoms with Crippen LogP contribution in [0.2, 0.25) is 0 Å². The molecule has 3 rings (SSSR count). The van der Waals surface area contributed by atoms with Gasteiger partial charge in [0.15, 0.2) is 11.5 Å². The minimum atomic E-state index is 0.714. The maximum absolute atomic E-state index is 5.39. The van der Waals surface area contributed by atoms with Gasteiger partial charge in [-0.15, -0.1) is 11.8 Å². The monoisotopic (exact) mass is 348 g/mol. The van der Waals surface area contributed by atoms with E-state index in [0.29, 0.717) is 5.75 Å². The molecule has 0 spiro atoms. The van der Waals surface area contributed by atoms with Gasteiger partial charge in [0.2, 0.25) is 0 Å². The van der Waals surface area contributed by atoms with Crippen molar-refractivity contribution in [1.29, 1.82) is 0 Å². The fraction of sp³-hybridized carbons (Fsp3) is 0.500. The van der Waals surface area contributed by atoms with Crippen molar-refractivity contribution in [3.63, 3.8) is 0 Å². The second-order valence-electron chi connectivity index (χ2n) is 5.81. The van der Waals surface area contributed by atoms with Crippen LogP contribution >= 0.6 is 11.8 Å². The predicted molar refractivity (Wildman–Crippen MR) is 97.6 cm³/mol. The van der Waals surface area contributed by atoms with Crippen molar-refractivity contribution in [2.75, 3.05) is 52.8 Å². The van der Waals surface area contributed by atoms with E-state index >= 15 is 0 Å². The summed E-state index contributed by atoms with van der Waals surface area (Å²) in [6.45, 7) is 6.93. The lowest BCUT2D eigenvalue weighted by Crippen LogP contribution is -2.37. The smallest absolute Gasteiger partial charge is 0.162 e. The number of rotatable bonds is 6. The summed E-state index contributed by atoms with van der Waals surface area (Å²) in [7, 11) is 3.30. The molecule has 5 nitrogen and oxygen atoms in total. The Balaban J connectivity index is 1.74. The Hall–Kier alpha value is -1.50. The SMILES string of the molecule is COc1cc2cc(C)c(SCCN3CCOCC3)nc2cc1OC. The van der Waals surface area contributed by atoms with Crippen molar-refractivity contribution in [1.82, 2.24) is 9.88 Å². The van der Waals surface area contributed by atoms with Crippen molar-refractivity contribution in [3.8, 4) is 11.5 Å². The summed E-state index contributed by atoms with van der Waals surface area (Å²) in [6, 6.07) is 6.09. The molecule has 0 N–H and O–H groups in total. The molecule has 1 saturated heterocycles. The fourth-order valence-electron chi connectivity index (χ4n) is 2.83. The summed E-state index contributed by atoms with van der Waals surface area (Å²) in [5.74, 6) is 2.48. The molecule has 2 heterocycles. The topological polar surface area (TPSA) is 43.8 Å². The minimum Gasteiger partial charge on any atom is -0.493 e. The highest BCUT2D eigenvalue weighted by atomic mass is 32.2. The quantitative estimate of drug-likeness (QED) is 0.748. The highest BCUT2D eigenvalue weighted by Crippen LogP contribution is 2.33. The number of thioether (sulfide) groups is 1. The standard InChI is InChI=1S/C18H24N2O3S/c1-13-10-14-11-16(21-2)17(22-3)12-15(14)19-18(13)24-9-6-20-4-7-23-8-5-20/h10-12H,4-9H2,1-3H3. The van der Waals surface area contributed by atoms with Gasteiger partial charge in [0.1, 0.15) is 0 Å². The number of hydrogen-bond acceptors (Lipinski definition) is 6. The second-order valence-corrected chi connectivity index (χ2v) is 6.90. The minimum absolute atomic E-state index is 0.714. The first-order chi connectivity index (χ1) is 11.7. The molecular formula is C18H24N2O3S. The zero-order chi connectivity index (χ0) is 16.9. The van der Waals surface area contributed by atoms with Crippen LogP contribution in [0.4, 0.5) is 0 Å². The largest absolute Gasteiger partial charge is 0.493 e. The Bertz CT molecular complexity index is 702.